The summed E-state index contributed by atoms with van der Waals surface area (Å²) in [6.07, 6.45) is 6.79. The van der Waals surface area contributed by atoms with Crippen LogP contribution in [0, 0.1) is 0 Å². The van der Waals surface area contributed by atoms with Crippen molar-refractivity contribution in [1.82, 2.24) is 9.97 Å². The maximum absolute atomic E-state index is 7.15. The van der Waals surface area contributed by atoms with Crippen LogP contribution in [0.15, 0.2) is 224 Å². The number of rotatable bonds is 6. The van der Waals surface area contributed by atoms with E-state index in [1.165, 1.54) is 27.8 Å². The molecule has 1 unspecified atom stereocenters. The van der Waals surface area contributed by atoms with Crippen molar-refractivity contribution in [1.29, 1.82) is 0 Å². The molecule has 292 valence electrons. The fourth-order valence-electron chi connectivity index (χ4n) is 10.1. The Bertz CT molecular complexity index is 3170. The molecule has 3 aliphatic rings. The molecule has 62 heavy (non-hydrogen) atoms. The van der Waals surface area contributed by atoms with Crippen LogP contribution in [0.4, 0.5) is 0 Å². The Kier molecular flexibility index (Phi) is 8.53. The number of aromatic nitrogens is 2. The lowest BCUT2D eigenvalue weighted by Crippen LogP contribution is -2.33. The fourth-order valence-corrected chi connectivity index (χ4v) is 10.1. The molecule has 0 N–H and O–H groups in total. The van der Waals surface area contributed by atoms with Gasteiger partial charge >= 0.3 is 0 Å². The van der Waals surface area contributed by atoms with E-state index in [0.29, 0.717) is 5.82 Å². The number of para-hydroxylation sites is 2. The van der Waals surface area contributed by atoms with Crippen molar-refractivity contribution in [2.24, 2.45) is 0 Å². The Balaban J connectivity index is 1.07. The molecule has 12 rings (SSSR count). The molecule has 1 aromatic heterocycles. The second-order valence-corrected chi connectivity index (χ2v) is 16.3. The lowest BCUT2D eigenvalue weighted by Gasteiger charge is -2.41. The van der Waals surface area contributed by atoms with Gasteiger partial charge < -0.3 is 4.74 Å². The van der Waals surface area contributed by atoms with Gasteiger partial charge in [0, 0.05) is 33.4 Å². The summed E-state index contributed by atoms with van der Waals surface area (Å²) < 4.78 is 7.15. The molecule has 0 bridgehead atoms. The van der Waals surface area contributed by atoms with E-state index >= 15 is 0 Å². The lowest BCUT2D eigenvalue weighted by molar-refractivity contribution is 0.437. The van der Waals surface area contributed by atoms with Gasteiger partial charge in [-0.2, -0.15) is 0 Å². The number of fused-ring (bicyclic) bond motifs is 8. The average molecular weight is 793 g/mol. The van der Waals surface area contributed by atoms with Crippen LogP contribution in [0.2, 0.25) is 0 Å². The quantitative estimate of drug-likeness (QED) is 0.168. The van der Waals surface area contributed by atoms with E-state index in [9.17, 15) is 0 Å². The Morgan fingerprint density at radius 2 is 0.952 bits per heavy atom. The highest BCUT2D eigenvalue weighted by Gasteiger charge is 2.52. The molecule has 0 fully saturated rings. The van der Waals surface area contributed by atoms with Crippen LogP contribution in [-0.4, -0.2) is 9.97 Å². The van der Waals surface area contributed by atoms with E-state index in [1.807, 2.05) is 0 Å². The van der Waals surface area contributed by atoms with Crippen molar-refractivity contribution in [3.63, 3.8) is 0 Å². The van der Waals surface area contributed by atoms with Gasteiger partial charge in [-0.1, -0.05) is 194 Å². The second-order valence-electron chi connectivity index (χ2n) is 16.3. The molecule has 0 saturated carbocycles. The number of nitrogens with zero attached hydrogens (tertiary/aromatic N) is 2. The molecule has 8 aromatic carbocycles. The first kappa shape index (κ1) is 36.0. The first-order valence-corrected chi connectivity index (χ1v) is 21.5. The molecule has 1 atom stereocenters. The van der Waals surface area contributed by atoms with Gasteiger partial charge in [-0.25, -0.2) is 9.97 Å². The molecule has 1 aliphatic heterocycles. The minimum Gasteiger partial charge on any atom is -0.456 e. The van der Waals surface area contributed by atoms with Gasteiger partial charge in [-0.3, -0.25) is 0 Å². The summed E-state index contributed by atoms with van der Waals surface area (Å²) in [5, 5.41) is 0. The highest BCUT2D eigenvalue weighted by atomic mass is 16.5. The van der Waals surface area contributed by atoms with E-state index in [2.05, 4.69) is 218 Å². The van der Waals surface area contributed by atoms with Gasteiger partial charge in [0.15, 0.2) is 5.82 Å². The number of hydrogen-bond donors (Lipinski definition) is 0. The minimum atomic E-state index is -0.513. The van der Waals surface area contributed by atoms with Gasteiger partial charge in [0.1, 0.15) is 11.5 Å². The maximum atomic E-state index is 7.15. The Morgan fingerprint density at radius 3 is 1.73 bits per heavy atom. The molecular formula is C59H40N2O. The summed E-state index contributed by atoms with van der Waals surface area (Å²) in [6.45, 7) is 0. The number of benzene rings is 8. The fraction of sp³-hybridized carbons (Fsp3) is 0.0508. The summed E-state index contributed by atoms with van der Waals surface area (Å²) in [6, 6.07) is 73.4. The summed E-state index contributed by atoms with van der Waals surface area (Å²) in [5.41, 5.74) is 18.6. The zero-order chi connectivity index (χ0) is 41.0. The third-order valence-electron chi connectivity index (χ3n) is 12.9. The molecule has 1 spiro atoms. The van der Waals surface area contributed by atoms with Crippen LogP contribution in [0.3, 0.4) is 0 Å². The van der Waals surface area contributed by atoms with Gasteiger partial charge in [0.05, 0.1) is 16.8 Å². The standard InChI is InChI=1S/C59H40N2O/c1-3-18-39(19-4-1)41-22-15-24-43(36-41)54-38-55(61-58(60-54)44-25-16-23-42(37-44)40-20-5-2-6-21-40)48-29-8-7-26-45(48)49-30-17-34-53-57(49)62-56-35-14-13-33-52(56)59(53)50-31-11-9-27-46(50)47-28-10-12-32-51(47)59/h1-9,11-27,29-38H,10,28H2. The van der Waals surface area contributed by atoms with Crippen LogP contribution in [0.5, 0.6) is 11.5 Å². The van der Waals surface area contributed by atoms with Crippen molar-refractivity contribution in [2.75, 3.05) is 0 Å². The predicted molar refractivity (Wildman–Crippen MR) is 253 cm³/mol. The van der Waals surface area contributed by atoms with Crippen molar-refractivity contribution < 1.29 is 4.74 Å². The monoisotopic (exact) mass is 792 g/mol. The van der Waals surface area contributed by atoms with Gasteiger partial charge in [-0.15, -0.1) is 0 Å². The zero-order valence-corrected chi connectivity index (χ0v) is 34.0. The van der Waals surface area contributed by atoms with Crippen LogP contribution in [0.25, 0.3) is 72.9 Å². The molecule has 9 aromatic rings. The summed E-state index contributed by atoms with van der Waals surface area (Å²) in [4.78, 5) is 10.8. The van der Waals surface area contributed by atoms with E-state index in [4.69, 9.17) is 14.7 Å². The largest absolute Gasteiger partial charge is 0.456 e. The molecule has 2 aliphatic carbocycles. The van der Waals surface area contributed by atoms with E-state index in [1.54, 1.807) is 0 Å². The van der Waals surface area contributed by atoms with Gasteiger partial charge in [-0.05, 0) is 87.2 Å². The van der Waals surface area contributed by atoms with Crippen LogP contribution in [-0.2, 0) is 5.41 Å². The highest BCUT2D eigenvalue weighted by molar-refractivity contribution is 5.94. The van der Waals surface area contributed by atoms with Crippen molar-refractivity contribution in [3.05, 3.63) is 246 Å². The van der Waals surface area contributed by atoms with Crippen molar-refractivity contribution >= 4 is 5.57 Å². The number of allylic oxidation sites excluding steroid dienone is 4. The molecule has 0 saturated heterocycles. The minimum absolute atomic E-state index is 0.513. The topological polar surface area (TPSA) is 35.0 Å². The first-order chi connectivity index (χ1) is 30.7. The first-order valence-electron chi connectivity index (χ1n) is 21.5. The van der Waals surface area contributed by atoms with Gasteiger partial charge in [0.25, 0.3) is 0 Å². The van der Waals surface area contributed by atoms with Crippen LogP contribution < -0.4 is 4.74 Å². The lowest BCUT2D eigenvalue weighted by atomic mass is 9.64. The van der Waals surface area contributed by atoms with Crippen LogP contribution >= 0.6 is 0 Å². The Morgan fingerprint density at radius 1 is 0.403 bits per heavy atom. The molecule has 3 heteroatoms. The van der Waals surface area contributed by atoms with Crippen molar-refractivity contribution in [3.8, 4) is 78.8 Å². The maximum Gasteiger partial charge on any atom is 0.160 e. The molecular weight excluding hydrogens is 753 g/mol. The molecule has 2 heterocycles. The third-order valence-corrected chi connectivity index (χ3v) is 12.9. The SMILES string of the molecule is C1=CC2=C(CC1)c1ccccc1C21c2ccccc2Oc2c(-c3ccccc3-c3cc(-c4cccc(-c5ccccc5)c4)nc(-c4cccc(-c5ccccc5)c4)n3)cccc21. The molecule has 3 nitrogen and oxygen atoms in total. The number of ether oxygens (including phenoxy) is 1. The van der Waals surface area contributed by atoms with E-state index < -0.39 is 5.41 Å². The zero-order valence-electron chi connectivity index (χ0n) is 34.0. The number of hydrogen-bond acceptors (Lipinski definition) is 3. The Labute approximate surface area is 362 Å². The van der Waals surface area contributed by atoms with E-state index in [-0.39, 0.29) is 0 Å². The molecule has 0 amide bonds. The van der Waals surface area contributed by atoms with Gasteiger partial charge in [0.2, 0.25) is 0 Å². The summed E-state index contributed by atoms with van der Waals surface area (Å²) in [5.74, 6) is 2.43. The third kappa shape index (κ3) is 5.73. The summed E-state index contributed by atoms with van der Waals surface area (Å²) in [7, 11) is 0. The van der Waals surface area contributed by atoms with Crippen molar-refractivity contribution in [2.45, 2.75) is 18.3 Å². The highest BCUT2D eigenvalue weighted by Crippen LogP contribution is 2.64. The summed E-state index contributed by atoms with van der Waals surface area (Å²) >= 11 is 0. The average Bonchev–Trinajstić information content (AvgIpc) is 3.65. The van der Waals surface area contributed by atoms with E-state index in [0.717, 1.165) is 91.4 Å². The normalized spacial score (nSPS) is 15.7. The molecule has 0 radical (unpaired) electrons. The Hall–Kier alpha value is -7.88. The smallest absolute Gasteiger partial charge is 0.160 e. The van der Waals surface area contributed by atoms with Crippen LogP contribution in [0.1, 0.15) is 35.1 Å². The predicted octanol–water partition coefficient (Wildman–Crippen LogP) is 15.0. The second kappa shape index (κ2) is 14.7.